The zero-order valence-corrected chi connectivity index (χ0v) is 7.20. The second-order valence-corrected chi connectivity index (χ2v) is 3.03. The van der Waals surface area contributed by atoms with Crippen molar-refractivity contribution in [2.75, 3.05) is 10.6 Å². The van der Waals surface area contributed by atoms with Crippen molar-refractivity contribution in [2.45, 2.75) is 6.42 Å². The molecule has 1 heterocycles. The third-order valence-electron chi connectivity index (χ3n) is 1.98. The maximum absolute atomic E-state index is 11.0. The molecule has 5 nitrogen and oxygen atoms in total. The molecule has 0 unspecified atom stereocenters. The van der Waals surface area contributed by atoms with Crippen LogP contribution in [0.5, 0.6) is 0 Å². The summed E-state index contributed by atoms with van der Waals surface area (Å²) in [5.74, 6) is -0.0625. The lowest BCUT2D eigenvalue weighted by atomic mass is 10.1. The van der Waals surface area contributed by atoms with Crippen LogP contribution >= 0.6 is 0 Å². The molecule has 0 saturated heterocycles. The zero-order valence-electron chi connectivity index (χ0n) is 7.20. The smallest absolute Gasteiger partial charge is 0.409 e. The lowest BCUT2D eigenvalue weighted by Gasteiger charge is -2.02. The Morgan fingerprint density at radius 1 is 1.50 bits per heavy atom. The summed E-state index contributed by atoms with van der Waals surface area (Å²) >= 11 is 0. The molecule has 0 bridgehead atoms. The standard InChI is InChI=1S/C9H8N2O3/c12-8-4-5-3-6(10-9(13)14)1-2-7(5)11-8/h1-3,10H,4H2,(H,11,12)(H,13,14). The fourth-order valence-electron chi connectivity index (χ4n) is 1.43. The Balaban J connectivity index is 2.28. The maximum atomic E-state index is 11.0. The number of anilines is 2. The van der Waals surface area contributed by atoms with Crippen LogP contribution in [0.15, 0.2) is 18.2 Å². The average molecular weight is 192 g/mol. The van der Waals surface area contributed by atoms with Gasteiger partial charge in [-0.1, -0.05) is 0 Å². The Hall–Kier alpha value is -2.04. The Kier molecular flexibility index (Phi) is 1.85. The van der Waals surface area contributed by atoms with Crippen LogP contribution < -0.4 is 10.6 Å². The van der Waals surface area contributed by atoms with Crippen LogP contribution in [0.25, 0.3) is 0 Å². The average Bonchev–Trinajstić information content (AvgIpc) is 2.42. The normalized spacial score (nSPS) is 13.3. The first kappa shape index (κ1) is 8.55. The van der Waals surface area contributed by atoms with Crippen molar-refractivity contribution in [3.05, 3.63) is 23.8 Å². The van der Waals surface area contributed by atoms with Gasteiger partial charge in [0.2, 0.25) is 5.91 Å². The van der Waals surface area contributed by atoms with Gasteiger partial charge in [-0.2, -0.15) is 0 Å². The molecule has 5 heteroatoms. The van der Waals surface area contributed by atoms with Crippen molar-refractivity contribution >= 4 is 23.4 Å². The quantitative estimate of drug-likeness (QED) is 0.627. The monoisotopic (exact) mass is 192 g/mol. The lowest BCUT2D eigenvalue weighted by Crippen LogP contribution is -2.07. The molecule has 0 fully saturated rings. The lowest BCUT2D eigenvalue weighted by molar-refractivity contribution is -0.115. The summed E-state index contributed by atoms with van der Waals surface area (Å²) in [6.07, 6.45) is -0.799. The van der Waals surface area contributed by atoms with Gasteiger partial charge in [-0.25, -0.2) is 4.79 Å². The minimum absolute atomic E-state index is 0.0625. The van der Waals surface area contributed by atoms with Crippen LogP contribution in [0.3, 0.4) is 0 Å². The summed E-state index contributed by atoms with van der Waals surface area (Å²) in [6.45, 7) is 0. The third-order valence-corrected chi connectivity index (χ3v) is 1.98. The van der Waals surface area contributed by atoms with E-state index in [0.717, 1.165) is 11.3 Å². The van der Waals surface area contributed by atoms with E-state index in [4.69, 9.17) is 5.11 Å². The van der Waals surface area contributed by atoms with Gasteiger partial charge >= 0.3 is 6.09 Å². The molecule has 3 N–H and O–H groups in total. The van der Waals surface area contributed by atoms with Gasteiger partial charge in [-0.3, -0.25) is 10.1 Å². The SMILES string of the molecule is O=C(O)Nc1ccc2c(c1)CC(=O)N2. The predicted molar refractivity (Wildman–Crippen MR) is 50.4 cm³/mol. The molecule has 2 amide bonds. The highest BCUT2D eigenvalue weighted by Gasteiger charge is 2.17. The van der Waals surface area contributed by atoms with Crippen molar-refractivity contribution in [2.24, 2.45) is 0 Å². The van der Waals surface area contributed by atoms with Crippen LogP contribution in [0, 0.1) is 0 Å². The molecule has 1 aliphatic rings. The summed E-state index contributed by atoms with van der Waals surface area (Å²) in [7, 11) is 0. The van der Waals surface area contributed by atoms with E-state index in [-0.39, 0.29) is 5.91 Å². The molecular formula is C9H8N2O3. The zero-order chi connectivity index (χ0) is 10.1. The Bertz CT molecular complexity index is 415. The first-order valence-electron chi connectivity index (χ1n) is 4.08. The number of benzene rings is 1. The van der Waals surface area contributed by atoms with E-state index in [1.807, 2.05) is 0 Å². The van der Waals surface area contributed by atoms with E-state index in [2.05, 4.69) is 10.6 Å². The van der Waals surface area contributed by atoms with Crippen molar-refractivity contribution in [1.29, 1.82) is 0 Å². The number of carboxylic acid groups (broad SMARTS) is 1. The van der Waals surface area contributed by atoms with Gasteiger partial charge in [0.05, 0.1) is 6.42 Å². The number of nitrogens with one attached hydrogen (secondary N) is 2. The van der Waals surface area contributed by atoms with Gasteiger partial charge in [0.1, 0.15) is 0 Å². The molecule has 2 rings (SSSR count). The molecule has 1 aromatic carbocycles. The largest absolute Gasteiger partial charge is 0.465 e. The Morgan fingerprint density at radius 2 is 2.29 bits per heavy atom. The highest BCUT2D eigenvalue weighted by Crippen LogP contribution is 2.25. The van der Waals surface area contributed by atoms with Crippen molar-refractivity contribution in [3.8, 4) is 0 Å². The number of carbonyl (C=O) groups excluding carboxylic acids is 1. The van der Waals surface area contributed by atoms with Gasteiger partial charge in [-0.15, -0.1) is 0 Å². The summed E-state index contributed by atoms with van der Waals surface area (Å²) in [5, 5.41) is 13.4. The van der Waals surface area contributed by atoms with Crippen molar-refractivity contribution in [1.82, 2.24) is 0 Å². The summed E-state index contributed by atoms with van der Waals surface area (Å²) < 4.78 is 0. The van der Waals surface area contributed by atoms with Crippen molar-refractivity contribution in [3.63, 3.8) is 0 Å². The van der Waals surface area contributed by atoms with E-state index in [9.17, 15) is 9.59 Å². The van der Waals surface area contributed by atoms with Gasteiger partial charge in [0.25, 0.3) is 0 Å². The summed E-state index contributed by atoms with van der Waals surface area (Å²) in [5.41, 5.74) is 2.06. The second-order valence-electron chi connectivity index (χ2n) is 3.03. The highest BCUT2D eigenvalue weighted by atomic mass is 16.4. The highest BCUT2D eigenvalue weighted by molar-refractivity contribution is 6.00. The molecule has 0 aromatic heterocycles. The minimum Gasteiger partial charge on any atom is -0.465 e. The Morgan fingerprint density at radius 3 is 3.00 bits per heavy atom. The van der Waals surface area contributed by atoms with Gasteiger partial charge in [-0.05, 0) is 23.8 Å². The molecular weight excluding hydrogens is 184 g/mol. The van der Waals surface area contributed by atoms with E-state index in [1.54, 1.807) is 18.2 Å². The number of rotatable bonds is 1. The van der Waals surface area contributed by atoms with Crippen LogP contribution in [0.1, 0.15) is 5.56 Å². The van der Waals surface area contributed by atoms with Gasteiger partial charge in [0.15, 0.2) is 0 Å². The minimum atomic E-state index is -1.11. The number of carbonyl (C=O) groups is 2. The molecule has 14 heavy (non-hydrogen) atoms. The van der Waals surface area contributed by atoms with Crippen molar-refractivity contribution < 1.29 is 14.7 Å². The Labute approximate surface area is 79.7 Å². The second kappa shape index (κ2) is 3.02. The number of fused-ring (bicyclic) bond motifs is 1. The fourth-order valence-corrected chi connectivity index (χ4v) is 1.43. The van der Waals surface area contributed by atoms with Crippen LogP contribution in [0.4, 0.5) is 16.2 Å². The van der Waals surface area contributed by atoms with Crippen LogP contribution in [0.2, 0.25) is 0 Å². The number of hydrogen-bond acceptors (Lipinski definition) is 2. The molecule has 0 saturated carbocycles. The fraction of sp³-hybridized carbons (Fsp3) is 0.111. The number of hydrogen-bond donors (Lipinski definition) is 3. The van der Waals surface area contributed by atoms with Gasteiger partial charge < -0.3 is 10.4 Å². The van der Waals surface area contributed by atoms with Crippen LogP contribution in [-0.4, -0.2) is 17.1 Å². The predicted octanol–water partition coefficient (Wildman–Crippen LogP) is 1.27. The van der Waals surface area contributed by atoms with Crippen LogP contribution in [-0.2, 0) is 11.2 Å². The topological polar surface area (TPSA) is 78.4 Å². The summed E-state index contributed by atoms with van der Waals surface area (Å²) in [6, 6.07) is 4.95. The van der Waals surface area contributed by atoms with E-state index < -0.39 is 6.09 Å². The molecule has 1 aliphatic heterocycles. The number of amides is 2. The molecule has 72 valence electrons. The van der Waals surface area contributed by atoms with E-state index in [1.165, 1.54) is 0 Å². The first-order valence-corrected chi connectivity index (χ1v) is 4.08. The van der Waals surface area contributed by atoms with Gasteiger partial charge in [0, 0.05) is 11.4 Å². The summed E-state index contributed by atoms with van der Waals surface area (Å²) in [4.78, 5) is 21.3. The molecule has 0 spiro atoms. The first-order chi connectivity index (χ1) is 6.65. The molecule has 0 atom stereocenters. The molecule has 1 aromatic rings. The maximum Gasteiger partial charge on any atom is 0.409 e. The van der Waals surface area contributed by atoms with E-state index >= 15 is 0 Å². The van der Waals surface area contributed by atoms with E-state index in [0.29, 0.717) is 12.1 Å². The molecule has 0 radical (unpaired) electrons. The molecule has 0 aliphatic carbocycles. The third kappa shape index (κ3) is 1.52.